The average molecular weight is 407 g/mol. The van der Waals surface area contributed by atoms with Crippen molar-refractivity contribution in [3.05, 3.63) is 47.2 Å². The van der Waals surface area contributed by atoms with Gasteiger partial charge in [-0.1, -0.05) is 32.0 Å². The van der Waals surface area contributed by atoms with E-state index >= 15 is 0 Å². The van der Waals surface area contributed by atoms with Gasteiger partial charge >= 0.3 is 0 Å². The Bertz CT molecular complexity index is 1040. The van der Waals surface area contributed by atoms with Crippen molar-refractivity contribution >= 4 is 31.4 Å². The number of likely N-dealkylation sites (N-methyl/N-ethyl adjacent to an activating group) is 1. The molecule has 0 saturated carbocycles. The van der Waals surface area contributed by atoms with Crippen molar-refractivity contribution in [2.45, 2.75) is 30.8 Å². The highest BCUT2D eigenvalue weighted by molar-refractivity contribution is 7.89. The van der Waals surface area contributed by atoms with E-state index in [0.717, 1.165) is 11.4 Å². The minimum atomic E-state index is -3.67. The lowest BCUT2D eigenvalue weighted by molar-refractivity contribution is 0.301. The first-order chi connectivity index (χ1) is 12.7. The van der Waals surface area contributed by atoms with Crippen LogP contribution >= 0.6 is 11.3 Å². The molecule has 0 fully saturated rings. The lowest BCUT2D eigenvalue weighted by Crippen LogP contribution is -2.34. The summed E-state index contributed by atoms with van der Waals surface area (Å²) in [6, 6.07) is 8.13. The van der Waals surface area contributed by atoms with E-state index in [1.165, 1.54) is 10.1 Å². The van der Waals surface area contributed by atoms with Gasteiger partial charge in [0.25, 0.3) is 10.0 Å². The van der Waals surface area contributed by atoms with E-state index in [4.69, 9.17) is 0 Å². The summed E-state index contributed by atoms with van der Waals surface area (Å²) in [6.07, 6.45) is 1.57. The highest BCUT2D eigenvalue weighted by atomic mass is 32.2. The molecule has 146 valence electrons. The number of aromatic nitrogens is 2. The van der Waals surface area contributed by atoms with Gasteiger partial charge in [0.05, 0.1) is 0 Å². The maximum Gasteiger partial charge on any atom is 0.259 e. The van der Waals surface area contributed by atoms with E-state index in [0.29, 0.717) is 0 Å². The molecule has 1 atom stereocenters. The van der Waals surface area contributed by atoms with Crippen LogP contribution in [0.25, 0.3) is 10.1 Å². The molecule has 0 unspecified atom stereocenters. The lowest BCUT2D eigenvalue weighted by atomic mass is 10.1. The number of sulfonamides is 1. The molecule has 1 aromatic carbocycles. The number of nitrogens with zero attached hydrogens (tertiary/aromatic N) is 3. The van der Waals surface area contributed by atoms with Crippen LogP contribution in [-0.4, -0.2) is 43.5 Å². The van der Waals surface area contributed by atoms with Crippen LogP contribution in [0.1, 0.15) is 37.2 Å². The zero-order chi connectivity index (χ0) is 19.8. The molecule has 0 radical (unpaired) electrons. The predicted octanol–water partition coefficient (Wildman–Crippen LogP) is 3.34. The predicted molar refractivity (Wildman–Crippen MR) is 111 cm³/mol. The van der Waals surface area contributed by atoms with Crippen molar-refractivity contribution in [2.75, 3.05) is 20.6 Å². The summed E-state index contributed by atoms with van der Waals surface area (Å²) in [7, 11) is 2.07. The molecule has 0 saturated heterocycles. The van der Waals surface area contributed by atoms with E-state index in [2.05, 4.69) is 27.2 Å². The smallest absolute Gasteiger partial charge is 0.259 e. The van der Waals surface area contributed by atoms with Crippen LogP contribution < -0.4 is 4.72 Å². The number of benzene rings is 1. The highest BCUT2D eigenvalue weighted by Gasteiger charge is 2.24. The van der Waals surface area contributed by atoms with Crippen LogP contribution in [0, 0.1) is 0 Å². The second kappa shape index (κ2) is 7.71. The Morgan fingerprint density at radius 3 is 2.59 bits per heavy atom. The van der Waals surface area contributed by atoms with Crippen LogP contribution in [0.2, 0.25) is 0 Å². The van der Waals surface area contributed by atoms with Crippen molar-refractivity contribution < 1.29 is 8.42 Å². The topological polar surface area (TPSA) is 67.2 Å². The van der Waals surface area contributed by atoms with Gasteiger partial charge in [-0.2, -0.15) is 0 Å². The fourth-order valence-corrected chi connectivity index (χ4v) is 5.25. The largest absolute Gasteiger partial charge is 0.336 e. The van der Waals surface area contributed by atoms with Crippen molar-refractivity contribution in [3.63, 3.8) is 0 Å². The SMILES string of the molecule is CC(C)c1nc(S(=O)(=O)NC[C@H](c2csc3ccccc23)N(C)C)cn1C. The fraction of sp³-hybridized carbons (Fsp3) is 0.421. The molecular formula is C19H26N4O2S2. The average Bonchev–Trinajstić information content (AvgIpc) is 3.19. The van der Waals surface area contributed by atoms with Crippen LogP contribution in [0.15, 0.2) is 40.9 Å². The molecule has 2 heterocycles. The minimum Gasteiger partial charge on any atom is -0.336 e. The first kappa shape index (κ1) is 20.0. The highest BCUT2D eigenvalue weighted by Crippen LogP contribution is 2.32. The third kappa shape index (κ3) is 4.08. The number of fused-ring (bicyclic) bond motifs is 1. The Hall–Kier alpha value is -1.74. The number of rotatable bonds is 7. The number of thiophene rings is 1. The normalized spacial score (nSPS) is 13.7. The van der Waals surface area contributed by atoms with Crippen molar-refractivity contribution in [3.8, 4) is 0 Å². The molecule has 0 bridgehead atoms. The van der Waals surface area contributed by atoms with Gasteiger partial charge in [-0.15, -0.1) is 11.3 Å². The van der Waals surface area contributed by atoms with Gasteiger partial charge in [-0.25, -0.2) is 18.1 Å². The summed E-state index contributed by atoms with van der Waals surface area (Å²) in [6.45, 7) is 4.27. The summed E-state index contributed by atoms with van der Waals surface area (Å²) in [4.78, 5) is 6.35. The second-order valence-corrected chi connectivity index (χ2v) is 9.85. The Morgan fingerprint density at radius 1 is 1.26 bits per heavy atom. The van der Waals surface area contributed by atoms with E-state index in [-0.39, 0.29) is 23.5 Å². The molecule has 0 spiro atoms. The molecule has 3 aromatic rings. The van der Waals surface area contributed by atoms with Gasteiger partial charge in [-0.3, -0.25) is 0 Å². The Labute approximate surface area is 164 Å². The fourth-order valence-electron chi connectivity index (χ4n) is 3.21. The quantitative estimate of drug-likeness (QED) is 0.653. The van der Waals surface area contributed by atoms with Crippen molar-refractivity contribution in [1.82, 2.24) is 19.2 Å². The molecule has 0 amide bonds. The van der Waals surface area contributed by atoms with Crippen molar-refractivity contribution in [2.24, 2.45) is 7.05 Å². The molecule has 3 rings (SSSR count). The van der Waals surface area contributed by atoms with E-state index < -0.39 is 10.0 Å². The molecular weight excluding hydrogens is 380 g/mol. The summed E-state index contributed by atoms with van der Waals surface area (Å²) in [5.41, 5.74) is 1.13. The van der Waals surface area contributed by atoms with Crippen LogP contribution in [0.3, 0.4) is 0 Å². The maximum absolute atomic E-state index is 12.8. The lowest BCUT2D eigenvalue weighted by Gasteiger charge is -2.24. The molecule has 0 aliphatic rings. The number of hydrogen-bond donors (Lipinski definition) is 1. The van der Waals surface area contributed by atoms with E-state index in [1.807, 2.05) is 52.0 Å². The van der Waals surface area contributed by atoms with Gasteiger partial charge in [0.2, 0.25) is 0 Å². The standard InChI is InChI=1S/C19H26N4O2S2/c1-13(2)19-21-18(11-23(19)5)27(24,25)20-10-16(22(3)4)15-12-26-17-9-7-6-8-14(15)17/h6-9,11-13,16,20H,10H2,1-5H3/t16-/m1/s1. The van der Waals surface area contributed by atoms with Crippen LogP contribution in [0.4, 0.5) is 0 Å². The third-order valence-electron chi connectivity index (χ3n) is 4.64. The first-order valence-electron chi connectivity index (χ1n) is 8.86. The number of hydrogen-bond acceptors (Lipinski definition) is 5. The summed E-state index contributed by atoms with van der Waals surface area (Å²) in [5, 5.41) is 3.35. The summed E-state index contributed by atoms with van der Waals surface area (Å²) >= 11 is 1.68. The third-order valence-corrected chi connectivity index (χ3v) is 6.92. The zero-order valence-corrected chi connectivity index (χ0v) is 17.9. The second-order valence-electron chi connectivity index (χ2n) is 7.22. The Morgan fingerprint density at radius 2 is 1.96 bits per heavy atom. The molecule has 0 aliphatic carbocycles. The van der Waals surface area contributed by atoms with Gasteiger partial charge in [0.15, 0.2) is 5.03 Å². The van der Waals surface area contributed by atoms with E-state index in [9.17, 15) is 8.42 Å². The number of aryl methyl sites for hydroxylation is 1. The molecule has 8 heteroatoms. The van der Waals surface area contributed by atoms with Gasteiger partial charge in [0.1, 0.15) is 5.82 Å². The first-order valence-corrected chi connectivity index (χ1v) is 11.2. The van der Waals surface area contributed by atoms with Crippen molar-refractivity contribution in [1.29, 1.82) is 0 Å². The number of imidazole rings is 1. The Balaban J connectivity index is 1.85. The minimum absolute atomic E-state index is 0.0655. The van der Waals surface area contributed by atoms with Gasteiger partial charge < -0.3 is 9.47 Å². The van der Waals surface area contributed by atoms with Gasteiger partial charge in [-0.05, 0) is 36.5 Å². The summed E-state index contributed by atoms with van der Waals surface area (Å²) < 4.78 is 31.3. The summed E-state index contributed by atoms with van der Waals surface area (Å²) in [5.74, 6) is 0.911. The Kier molecular flexibility index (Phi) is 5.71. The van der Waals surface area contributed by atoms with Crippen LogP contribution in [0.5, 0.6) is 0 Å². The zero-order valence-electron chi connectivity index (χ0n) is 16.3. The molecule has 2 aromatic heterocycles. The molecule has 27 heavy (non-hydrogen) atoms. The van der Waals surface area contributed by atoms with Crippen LogP contribution in [-0.2, 0) is 17.1 Å². The molecule has 0 aliphatic heterocycles. The molecule has 6 nitrogen and oxygen atoms in total. The van der Waals surface area contributed by atoms with Gasteiger partial charge in [0, 0.05) is 36.4 Å². The van der Waals surface area contributed by atoms with E-state index in [1.54, 1.807) is 22.1 Å². The monoisotopic (exact) mass is 406 g/mol. The number of nitrogens with one attached hydrogen (secondary N) is 1. The maximum atomic E-state index is 12.8. The molecule has 1 N–H and O–H groups in total.